The highest BCUT2D eigenvalue weighted by molar-refractivity contribution is 6.30. The number of rotatable bonds is 8. The van der Waals surface area contributed by atoms with E-state index in [1.54, 1.807) is 0 Å². The molecule has 0 aliphatic carbocycles. The van der Waals surface area contributed by atoms with E-state index in [1.165, 1.54) is 24.8 Å². The number of hydrogen-bond donors (Lipinski definition) is 1. The van der Waals surface area contributed by atoms with Crippen molar-refractivity contribution < 1.29 is 0 Å². The molecule has 0 spiro atoms. The van der Waals surface area contributed by atoms with Crippen LogP contribution in [0.2, 0.25) is 5.02 Å². The van der Waals surface area contributed by atoms with Crippen LogP contribution >= 0.6 is 11.6 Å². The Morgan fingerprint density at radius 2 is 2.06 bits per heavy atom. The fourth-order valence-corrected chi connectivity index (χ4v) is 2.40. The van der Waals surface area contributed by atoms with Crippen LogP contribution in [0.4, 0.5) is 0 Å². The molecule has 0 aliphatic rings. The highest BCUT2D eigenvalue weighted by Crippen LogP contribution is 2.26. The first-order valence-corrected chi connectivity index (χ1v) is 7.51. The highest BCUT2D eigenvalue weighted by atomic mass is 35.5. The lowest BCUT2D eigenvalue weighted by Gasteiger charge is -2.21. The number of benzene rings is 1. The Bertz CT molecular complexity index is 338. The third kappa shape index (κ3) is 5.41. The molecule has 2 unspecified atom stereocenters. The predicted molar refractivity (Wildman–Crippen MR) is 81.4 cm³/mol. The van der Waals surface area contributed by atoms with Gasteiger partial charge in [-0.15, -0.1) is 0 Å². The van der Waals surface area contributed by atoms with Gasteiger partial charge in [0, 0.05) is 11.6 Å². The van der Waals surface area contributed by atoms with E-state index >= 15 is 0 Å². The van der Waals surface area contributed by atoms with Crippen molar-refractivity contribution in [1.82, 2.24) is 5.32 Å². The SMILES string of the molecule is CCCNCC(CC(C)CC)c1cccc(Cl)c1. The van der Waals surface area contributed by atoms with Gasteiger partial charge in [0.2, 0.25) is 0 Å². The zero-order chi connectivity index (χ0) is 13.4. The first-order chi connectivity index (χ1) is 8.67. The Labute approximate surface area is 117 Å². The Balaban J connectivity index is 2.69. The second kappa shape index (κ2) is 8.55. The number of hydrogen-bond acceptors (Lipinski definition) is 1. The van der Waals surface area contributed by atoms with Crippen molar-refractivity contribution in [3.63, 3.8) is 0 Å². The van der Waals surface area contributed by atoms with Crippen molar-refractivity contribution in [2.45, 2.75) is 46.0 Å². The van der Waals surface area contributed by atoms with Crippen LogP contribution in [0, 0.1) is 5.92 Å². The fourth-order valence-electron chi connectivity index (χ4n) is 2.20. The first kappa shape index (κ1) is 15.5. The van der Waals surface area contributed by atoms with Crippen LogP contribution in [0.1, 0.15) is 51.5 Å². The normalized spacial score (nSPS) is 14.4. The molecule has 1 rings (SSSR count). The lowest BCUT2D eigenvalue weighted by Crippen LogP contribution is -2.23. The summed E-state index contributed by atoms with van der Waals surface area (Å²) in [6, 6.07) is 8.32. The van der Waals surface area contributed by atoms with E-state index < -0.39 is 0 Å². The molecular formula is C16H26ClN. The predicted octanol–water partition coefficient (Wildman–Crippen LogP) is 4.86. The standard InChI is InChI=1S/C16H26ClN/c1-4-9-18-12-15(10-13(3)5-2)14-7-6-8-16(17)11-14/h6-8,11,13,15,18H,4-5,9-10,12H2,1-3H3. The van der Waals surface area contributed by atoms with Crippen LogP contribution in [-0.2, 0) is 0 Å². The molecule has 0 aromatic heterocycles. The maximum atomic E-state index is 6.10. The minimum absolute atomic E-state index is 0.574. The quantitative estimate of drug-likeness (QED) is 0.664. The summed E-state index contributed by atoms with van der Waals surface area (Å²) in [4.78, 5) is 0. The van der Waals surface area contributed by atoms with Gasteiger partial charge >= 0.3 is 0 Å². The maximum absolute atomic E-state index is 6.10. The summed E-state index contributed by atoms with van der Waals surface area (Å²) in [6.45, 7) is 8.95. The van der Waals surface area contributed by atoms with Gasteiger partial charge in [-0.3, -0.25) is 0 Å². The molecule has 0 aliphatic heterocycles. The molecule has 102 valence electrons. The summed E-state index contributed by atoms with van der Waals surface area (Å²) in [5, 5.41) is 4.38. The van der Waals surface area contributed by atoms with Crippen molar-refractivity contribution >= 4 is 11.6 Å². The van der Waals surface area contributed by atoms with E-state index in [0.717, 1.165) is 24.0 Å². The summed E-state index contributed by atoms with van der Waals surface area (Å²) in [5.41, 5.74) is 1.37. The summed E-state index contributed by atoms with van der Waals surface area (Å²) < 4.78 is 0. The molecule has 0 radical (unpaired) electrons. The number of nitrogens with one attached hydrogen (secondary N) is 1. The van der Waals surface area contributed by atoms with Gasteiger partial charge in [-0.05, 0) is 48.9 Å². The molecule has 0 heterocycles. The number of halogens is 1. The molecule has 2 heteroatoms. The Kier molecular flexibility index (Phi) is 7.38. The lowest BCUT2D eigenvalue weighted by atomic mass is 9.88. The molecule has 1 aromatic carbocycles. The largest absolute Gasteiger partial charge is 0.316 e. The zero-order valence-electron chi connectivity index (χ0n) is 11.9. The van der Waals surface area contributed by atoms with E-state index in [9.17, 15) is 0 Å². The van der Waals surface area contributed by atoms with Crippen LogP contribution < -0.4 is 5.32 Å². The monoisotopic (exact) mass is 267 g/mol. The second-order valence-electron chi connectivity index (χ2n) is 5.21. The Hall–Kier alpha value is -0.530. The van der Waals surface area contributed by atoms with Crippen LogP contribution in [-0.4, -0.2) is 13.1 Å². The maximum Gasteiger partial charge on any atom is 0.0408 e. The van der Waals surface area contributed by atoms with Gasteiger partial charge in [0.05, 0.1) is 0 Å². The van der Waals surface area contributed by atoms with Crippen molar-refractivity contribution in [2.24, 2.45) is 5.92 Å². The van der Waals surface area contributed by atoms with Crippen molar-refractivity contribution in [1.29, 1.82) is 0 Å². The first-order valence-electron chi connectivity index (χ1n) is 7.13. The summed E-state index contributed by atoms with van der Waals surface area (Å²) in [7, 11) is 0. The minimum atomic E-state index is 0.574. The molecule has 0 bridgehead atoms. The van der Waals surface area contributed by atoms with E-state index in [-0.39, 0.29) is 0 Å². The topological polar surface area (TPSA) is 12.0 Å². The fraction of sp³-hybridized carbons (Fsp3) is 0.625. The molecule has 0 fully saturated rings. The van der Waals surface area contributed by atoms with Crippen LogP contribution in [0.5, 0.6) is 0 Å². The van der Waals surface area contributed by atoms with Gasteiger partial charge < -0.3 is 5.32 Å². The van der Waals surface area contributed by atoms with Crippen molar-refractivity contribution in [3.8, 4) is 0 Å². The van der Waals surface area contributed by atoms with Crippen LogP contribution in [0.3, 0.4) is 0 Å². The van der Waals surface area contributed by atoms with Gasteiger partial charge in [0.1, 0.15) is 0 Å². The second-order valence-corrected chi connectivity index (χ2v) is 5.64. The zero-order valence-corrected chi connectivity index (χ0v) is 12.6. The van der Waals surface area contributed by atoms with Gasteiger partial charge in [-0.1, -0.05) is 50.9 Å². The molecule has 1 aromatic rings. The summed E-state index contributed by atoms with van der Waals surface area (Å²) in [6.07, 6.45) is 3.66. The van der Waals surface area contributed by atoms with Gasteiger partial charge in [-0.2, -0.15) is 0 Å². The summed E-state index contributed by atoms with van der Waals surface area (Å²) in [5.74, 6) is 1.34. The average molecular weight is 268 g/mol. The highest BCUT2D eigenvalue weighted by Gasteiger charge is 2.14. The average Bonchev–Trinajstić information content (AvgIpc) is 2.37. The van der Waals surface area contributed by atoms with Gasteiger partial charge in [0.25, 0.3) is 0 Å². The van der Waals surface area contributed by atoms with Crippen LogP contribution in [0.25, 0.3) is 0 Å². The molecule has 2 atom stereocenters. The van der Waals surface area contributed by atoms with E-state index in [0.29, 0.717) is 5.92 Å². The van der Waals surface area contributed by atoms with Crippen molar-refractivity contribution in [2.75, 3.05) is 13.1 Å². The summed E-state index contributed by atoms with van der Waals surface area (Å²) >= 11 is 6.10. The van der Waals surface area contributed by atoms with E-state index in [4.69, 9.17) is 11.6 Å². The Morgan fingerprint density at radius 1 is 1.28 bits per heavy atom. The van der Waals surface area contributed by atoms with E-state index in [1.807, 2.05) is 6.07 Å². The smallest absolute Gasteiger partial charge is 0.0408 e. The van der Waals surface area contributed by atoms with E-state index in [2.05, 4.69) is 44.3 Å². The molecule has 1 nitrogen and oxygen atoms in total. The molecule has 0 saturated heterocycles. The molecule has 0 amide bonds. The third-order valence-electron chi connectivity index (χ3n) is 3.52. The Morgan fingerprint density at radius 3 is 2.67 bits per heavy atom. The molecular weight excluding hydrogens is 242 g/mol. The van der Waals surface area contributed by atoms with Crippen LogP contribution in [0.15, 0.2) is 24.3 Å². The molecule has 0 saturated carbocycles. The van der Waals surface area contributed by atoms with Crippen molar-refractivity contribution in [3.05, 3.63) is 34.9 Å². The van der Waals surface area contributed by atoms with Gasteiger partial charge in [0.15, 0.2) is 0 Å². The molecule has 18 heavy (non-hydrogen) atoms. The van der Waals surface area contributed by atoms with Gasteiger partial charge in [-0.25, -0.2) is 0 Å². The minimum Gasteiger partial charge on any atom is -0.316 e. The molecule has 1 N–H and O–H groups in total. The third-order valence-corrected chi connectivity index (χ3v) is 3.76. The lowest BCUT2D eigenvalue weighted by molar-refractivity contribution is 0.436.